The van der Waals surface area contributed by atoms with Crippen molar-refractivity contribution in [3.63, 3.8) is 0 Å². The first-order chi connectivity index (χ1) is 6.90. The number of sulfonamides is 1. The van der Waals surface area contributed by atoms with Crippen molar-refractivity contribution in [2.75, 3.05) is 27.2 Å². The Kier molecular flexibility index (Phi) is 6.48. The van der Waals surface area contributed by atoms with Crippen molar-refractivity contribution in [3.05, 3.63) is 0 Å². The van der Waals surface area contributed by atoms with Gasteiger partial charge in [0.05, 0.1) is 6.07 Å². The van der Waals surface area contributed by atoms with Crippen LogP contribution in [0, 0.1) is 11.3 Å². The van der Waals surface area contributed by atoms with Gasteiger partial charge in [0.15, 0.2) is 5.25 Å². The fourth-order valence-electron chi connectivity index (χ4n) is 0.962. The second kappa shape index (κ2) is 6.77. The molecule has 1 unspecified atom stereocenters. The molecular weight excluding hydrogens is 214 g/mol. The lowest BCUT2D eigenvalue weighted by molar-refractivity contribution is 0.394. The highest BCUT2D eigenvalue weighted by Gasteiger charge is 2.18. The highest BCUT2D eigenvalue weighted by atomic mass is 32.2. The van der Waals surface area contributed by atoms with Gasteiger partial charge in [0.2, 0.25) is 10.0 Å². The van der Waals surface area contributed by atoms with E-state index in [0.717, 1.165) is 19.4 Å². The van der Waals surface area contributed by atoms with Gasteiger partial charge in [0.25, 0.3) is 0 Å². The summed E-state index contributed by atoms with van der Waals surface area (Å²) in [6, 6.07) is 1.71. The second-order valence-electron chi connectivity index (χ2n) is 3.72. The normalized spacial score (nSPS) is 13.8. The summed E-state index contributed by atoms with van der Waals surface area (Å²) in [5, 5.41) is 7.49. The average molecular weight is 233 g/mol. The molecule has 0 aromatic carbocycles. The van der Waals surface area contributed by atoms with Crippen molar-refractivity contribution in [2.45, 2.75) is 25.0 Å². The maximum absolute atomic E-state index is 11.3. The molecule has 0 aliphatic heterocycles. The smallest absolute Gasteiger partial charge is 0.227 e. The van der Waals surface area contributed by atoms with Gasteiger partial charge in [-0.2, -0.15) is 5.26 Å². The van der Waals surface area contributed by atoms with Crippen molar-refractivity contribution < 1.29 is 8.42 Å². The van der Waals surface area contributed by atoms with Gasteiger partial charge >= 0.3 is 0 Å². The number of hydrogen-bond donors (Lipinski definition) is 1. The summed E-state index contributed by atoms with van der Waals surface area (Å²) < 4.78 is 25.0. The molecule has 88 valence electrons. The van der Waals surface area contributed by atoms with Crippen LogP contribution in [-0.2, 0) is 10.0 Å². The number of nitrogens with one attached hydrogen (secondary N) is 1. The minimum atomic E-state index is -3.44. The standard InChI is InChI=1S/C9H19N3O2S/c1-9(8-10)15(13,14)11-6-4-5-7-12(2)3/h9,11H,4-7H2,1-3H3. The van der Waals surface area contributed by atoms with Crippen LogP contribution in [0.25, 0.3) is 0 Å². The Morgan fingerprint density at radius 1 is 1.40 bits per heavy atom. The minimum absolute atomic E-state index is 0.405. The summed E-state index contributed by atoms with van der Waals surface area (Å²) in [7, 11) is 0.512. The van der Waals surface area contributed by atoms with Gasteiger partial charge in [0.1, 0.15) is 0 Å². The molecule has 1 N–H and O–H groups in total. The summed E-state index contributed by atoms with van der Waals surface area (Å²) >= 11 is 0. The maximum Gasteiger partial charge on any atom is 0.227 e. The summed E-state index contributed by atoms with van der Waals surface area (Å²) in [6.45, 7) is 2.72. The minimum Gasteiger partial charge on any atom is -0.309 e. The Morgan fingerprint density at radius 3 is 2.47 bits per heavy atom. The molecule has 0 spiro atoms. The summed E-state index contributed by atoms with van der Waals surface area (Å²) in [4.78, 5) is 2.05. The van der Waals surface area contributed by atoms with E-state index in [1.54, 1.807) is 6.07 Å². The highest BCUT2D eigenvalue weighted by molar-refractivity contribution is 7.90. The monoisotopic (exact) mass is 233 g/mol. The third-order valence-electron chi connectivity index (χ3n) is 1.98. The molecule has 0 radical (unpaired) electrons. The van der Waals surface area contributed by atoms with Crippen LogP contribution in [0.3, 0.4) is 0 Å². The third kappa shape index (κ3) is 6.44. The van der Waals surface area contributed by atoms with Crippen LogP contribution in [0.1, 0.15) is 19.8 Å². The Morgan fingerprint density at radius 2 is 2.00 bits per heavy atom. The fourth-order valence-corrected chi connectivity index (χ4v) is 1.78. The van der Waals surface area contributed by atoms with Crippen LogP contribution in [0.15, 0.2) is 0 Å². The number of rotatable bonds is 7. The SMILES string of the molecule is CC(C#N)S(=O)(=O)NCCCCN(C)C. The Labute approximate surface area is 92.1 Å². The molecule has 0 saturated carbocycles. The lowest BCUT2D eigenvalue weighted by Crippen LogP contribution is -2.32. The molecule has 6 heteroatoms. The number of nitriles is 1. The van der Waals surface area contributed by atoms with Gasteiger partial charge in [-0.15, -0.1) is 0 Å². The molecule has 0 amide bonds. The van der Waals surface area contributed by atoms with E-state index in [-0.39, 0.29) is 0 Å². The molecular formula is C9H19N3O2S. The largest absolute Gasteiger partial charge is 0.309 e. The predicted molar refractivity (Wildman–Crippen MR) is 59.8 cm³/mol. The van der Waals surface area contributed by atoms with Crippen molar-refractivity contribution in [1.82, 2.24) is 9.62 Å². The Hall–Kier alpha value is -0.640. The molecule has 5 nitrogen and oxygen atoms in total. The zero-order chi connectivity index (χ0) is 11.9. The van der Waals surface area contributed by atoms with Crippen LogP contribution in [0.5, 0.6) is 0 Å². The molecule has 0 heterocycles. The zero-order valence-corrected chi connectivity index (χ0v) is 10.3. The average Bonchev–Trinajstić information content (AvgIpc) is 2.15. The van der Waals surface area contributed by atoms with E-state index in [1.807, 2.05) is 19.0 Å². The van der Waals surface area contributed by atoms with E-state index < -0.39 is 15.3 Å². The lowest BCUT2D eigenvalue weighted by Gasteiger charge is -2.10. The number of nitrogens with zero attached hydrogens (tertiary/aromatic N) is 2. The summed E-state index contributed by atoms with van der Waals surface area (Å²) in [5.41, 5.74) is 0. The molecule has 0 aliphatic carbocycles. The van der Waals surface area contributed by atoms with Crippen LogP contribution < -0.4 is 4.72 Å². The fraction of sp³-hybridized carbons (Fsp3) is 0.889. The van der Waals surface area contributed by atoms with E-state index in [2.05, 4.69) is 4.72 Å². The molecule has 0 fully saturated rings. The van der Waals surface area contributed by atoms with E-state index in [0.29, 0.717) is 6.54 Å². The predicted octanol–water partition coefficient (Wildman–Crippen LogP) is 0.160. The van der Waals surface area contributed by atoms with Crippen molar-refractivity contribution in [2.24, 2.45) is 0 Å². The molecule has 0 saturated heterocycles. The van der Waals surface area contributed by atoms with Gasteiger partial charge in [0, 0.05) is 6.54 Å². The molecule has 0 aliphatic rings. The highest BCUT2D eigenvalue weighted by Crippen LogP contribution is 1.97. The van der Waals surface area contributed by atoms with E-state index in [9.17, 15) is 8.42 Å². The molecule has 0 bridgehead atoms. The third-order valence-corrected chi connectivity index (χ3v) is 3.63. The van der Waals surface area contributed by atoms with Gasteiger partial charge in [-0.25, -0.2) is 13.1 Å². The van der Waals surface area contributed by atoms with Crippen molar-refractivity contribution in [1.29, 1.82) is 5.26 Å². The summed E-state index contributed by atoms with van der Waals surface area (Å²) in [5.74, 6) is 0. The summed E-state index contributed by atoms with van der Waals surface area (Å²) in [6.07, 6.45) is 1.73. The van der Waals surface area contributed by atoms with Crippen molar-refractivity contribution in [3.8, 4) is 6.07 Å². The zero-order valence-electron chi connectivity index (χ0n) is 9.52. The first-order valence-corrected chi connectivity index (χ1v) is 6.47. The van der Waals surface area contributed by atoms with Gasteiger partial charge < -0.3 is 4.90 Å². The van der Waals surface area contributed by atoms with Crippen LogP contribution >= 0.6 is 0 Å². The van der Waals surface area contributed by atoms with Gasteiger partial charge in [-0.05, 0) is 40.4 Å². The second-order valence-corrected chi connectivity index (χ2v) is 5.81. The van der Waals surface area contributed by atoms with Gasteiger partial charge in [-0.1, -0.05) is 0 Å². The molecule has 1 atom stereocenters. The molecule has 15 heavy (non-hydrogen) atoms. The quantitative estimate of drug-likeness (QED) is 0.636. The van der Waals surface area contributed by atoms with Crippen LogP contribution in [0.4, 0.5) is 0 Å². The van der Waals surface area contributed by atoms with Crippen LogP contribution in [0.2, 0.25) is 0 Å². The first kappa shape index (κ1) is 14.4. The lowest BCUT2D eigenvalue weighted by atomic mass is 10.3. The van der Waals surface area contributed by atoms with Crippen molar-refractivity contribution >= 4 is 10.0 Å². The Bertz CT molecular complexity index is 306. The number of hydrogen-bond acceptors (Lipinski definition) is 4. The van der Waals surface area contributed by atoms with E-state index in [1.165, 1.54) is 6.92 Å². The first-order valence-electron chi connectivity index (χ1n) is 4.93. The molecule has 0 aromatic heterocycles. The maximum atomic E-state index is 11.3. The van der Waals surface area contributed by atoms with Gasteiger partial charge in [-0.3, -0.25) is 0 Å². The molecule has 0 aromatic rings. The number of unbranched alkanes of at least 4 members (excludes halogenated alkanes) is 1. The van der Waals surface area contributed by atoms with E-state index in [4.69, 9.17) is 5.26 Å². The molecule has 0 rings (SSSR count). The topological polar surface area (TPSA) is 73.2 Å². The van der Waals surface area contributed by atoms with Crippen LogP contribution in [-0.4, -0.2) is 45.8 Å². The Balaban J connectivity index is 3.74. The van der Waals surface area contributed by atoms with E-state index >= 15 is 0 Å².